The molecule has 212 valence electrons. The Labute approximate surface area is 241 Å². The molecule has 5 rings (SSSR count). The van der Waals surface area contributed by atoms with Gasteiger partial charge in [-0.25, -0.2) is 13.2 Å². The summed E-state index contributed by atoms with van der Waals surface area (Å²) in [5.41, 5.74) is -0.0745. The van der Waals surface area contributed by atoms with E-state index >= 15 is 0 Å². The van der Waals surface area contributed by atoms with E-state index in [2.05, 4.69) is 0 Å². The molecule has 2 aliphatic rings. The minimum Gasteiger partial charge on any atom is -0.480 e. The average molecular weight is 605 g/mol. The number of aliphatic carboxylic acids is 1. The standard InChI is InChI=1S/C28H29ClN2O7S2/c29-22-9-7-21(8-10-22)24-11-12-25(39-24)40(35,36)31(13-4-16-38-27(34)30-14-17-37-18-15-30)28(26(32)33)19-23(28)20-5-2-1-3-6-20/h1-3,5-12,23H,4,13-19H2,(H,32,33)/t23-,28+/m0/s1. The van der Waals surface area contributed by atoms with E-state index in [1.165, 1.54) is 11.0 Å². The lowest BCUT2D eigenvalue weighted by Gasteiger charge is -2.29. The van der Waals surface area contributed by atoms with Gasteiger partial charge in [0, 0.05) is 35.5 Å². The number of morpholine rings is 1. The highest BCUT2D eigenvalue weighted by molar-refractivity contribution is 7.91. The highest BCUT2D eigenvalue weighted by atomic mass is 35.5. The highest BCUT2D eigenvalue weighted by Crippen LogP contribution is 2.57. The first-order valence-corrected chi connectivity index (χ1v) is 15.5. The number of nitrogens with zero attached hydrogens (tertiary/aromatic N) is 2. The second-order valence-electron chi connectivity index (χ2n) is 9.67. The quantitative estimate of drug-likeness (QED) is 0.327. The van der Waals surface area contributed by atoms with Crippen molar-refractivity contribution in [2.45, 2.75) is 28.5 Å². The molecule has 0 radical (unpaired) electrons. The third-order valence-corrected chi connectivity index (χ3v) is 11.0. The number of rotatable bonds is 10. The van der Waals surface area contributed by atoms with Gasteiger partial charge in [-0.2, -0.15) is 4.31 Å². The first-order chi connectivity index (χ1) is 19.2. The van der Waals surface area contributed by atoms with Crippen LogP contribution in [0.2, 0.25) is 5.02 Å². The topological polar surface area (TPSA) is 113 Å². The zero-order valence-corrected chi connectivity index (χ0v) is 24.0. The lowest BCUT2D eigenvalue weighted by Crippen LogP contribution is -2.49. The molecule has 40 heavy (non-hydrogen) atoms. The summed E-state index contributed by atoms with van der Waals surface area (Å²) in [6, 6.07) is 19.3. The van der Waals surface area contributed by atoms with Gasteiger partial charge in [0.15, 0.2) is 0 Å². The molecule has 1 aromatic heterocycles. The van der Waals surface area contributed by atoms with Crippen molar-refractivity contribution in [2.24, 2.45) is 0 Å². The fraction of sp³-hybridized carbons (Fsp3) is 0.357. The van der Waals surface area contributed by atoms with Gasteiger partial charge in [-0.05, 0) is 48.2 Å². The Balaban J connectivity index is 1.40. The average Bonchev–Trinajstić information content (AvgIpc) is 3.51. The molecule has 2 aromatic carbocycles. The minimum absolute atomic E-state index is 0.0436. The number of hydrogen-bond acceptors (Lipinski definition) is 7. The SMILES string of the molecule is O=C(OCCCN([C@]1(C(=O)O)C[C@H]1c1ccccc1)S(=O)(=O)c1ccc(-c2ccc(Cl)cc2)s1)N1CCOCC1. The molecule has 1 aliphatic heterocycles. The van der Waals surface area contributed by atoms with Gasteiger partial charge < -0.3 is 19.5 Å². The number of carbonyl (C=O) groups is 2. The van der Waals surface area contributed by atoms with Gasteiger partial charge in [0.05, 0.1) is 19.8 Å². The third-order valence-electron chi connectivity index (χ3n) is 7.20. The van der Waals surface area contributed by atoms with E-state index in [0.717, 1.165) is 31.6 Å². The second-order valence-corrected chi connectivity index (χ2v) is 13.3. The Morgan fingerprint density at radius 3 is 2.45 bits per heavy atom. The fourth-order valence-corrected chi connectivity index (χ4v) is 8.39. The predicted octanol–water partition coefficient (Wildman–Crippen LogP) is 4.93. The zero-order valence-electron chi connectivity index (χ0n) is 21.6. The minimum atomic E-state index is -4.22. The van der Waals surface area contributed by atoms with Crippen molar-refractivity contribution in [1.82, 2.24) is 9.21 Å². The normalized spacial score (nSPS) is 20.9. The number of carboxylic acid groups (broad SMARTS) is 1. The van der Waals surface area contributed by atoms with Crippen LogP contribution in [0.15, 0.2) is 70.9 Å². The van der Waals surface area contributed by atoms with Crippen LogP contribution in [-0.4, -0.2) is 79.8 Å². The van der Waals surface area contributed by atoms with Crippen LogP contribution < -0.4 is 0 Å². The Hall–Kier alpha value is -2.96. The number of ether oxygens (including phenoxy) is 2. The Bertz CT molecular complexity index is 1460. The molecule has 3 aromatic rings. The molecule has 0 unspecified atom stereocenters. The predicted molar refractivity (Wildman–Crippen MR) is 151 cm³/mol. The molecule has 1 aliphatic carbocycles. The Kier molecular flexibility index (Phi) is 8.48. The van der Waals surface area contributed by atoms with Crippen LogP contribution in [0.5, 0.6) is 0 Å². The van der Waals surface area contributed by atoms with Gasteiger partial charge >= 0.3 is 12.1 Å². The molecule has 1 amide bonds. The lowest BCUT2D eigenvalue weighted by molar-refractivity contribution is -0.143. The molecular formula is C28H29ClN2O7S2. The number of halogens is 1. The number of hydrogen-bond donors (Lipinski definition) is 1. The van der Waals surface area contributed by atoms with Crippen molar-refractivity contribution in [3.05, 3.63) is 77.3 Å². The van der Waals surface area contributed by atoms with E-state index in [0.29, 0.717) is 31.3 Å². The van der Waals surface area contributed by atoms with Gasteiger partial charge in [-0.15, -0.1) is 11.3 Å². The summed E-state index contributed by atoms with van der Waals surface area (Å²) in [6.45, 7) is 1.55. The number of carboxylic acids is 1. The summed E-state index contributed by atoms with van der Waals surface area (Å²) >= 11 is 7.07. The molecule has 2 heterocycles. The second kappa shape index (κ2) is 11.9. The maximum Gasteiger partial charge on any atom is 0.409 e. The molecule has 2 atom stereocenters. The van der Waals surface area contributed by atoms with Crippen LogP contribution in [-0.2, 0) is 24.3 Å². The van der Waals surface area contributed by atoms with Crippen LogP contribution in [0.3, 0.4) is 0 Å². The molecule has 2 fully saturated rings. The molecule has 1 saturated heterocycles. The molecule has 1 N–H and O–H groups in total. The third kappa shape index (κ3) is 5.75. The summed E-state index contributed by atoms with van der Waals surface area (Å²) < 4.78 is 40.0. The maximum absolute atomic E-state index is 14.1. The van der Waals surface area contributed by atoms with Crippen molar-refractivity contribution < 1.29 is 32.6 Å². The van der Waals surface area contributed by atoms with E-state index in [9.17, 15) is 23.1 Å². The first-order valence-electron chi connectivity index (χ1n) is 12.9. The molecule has 12 heteroatoms. The van der Waals surface area contributed by atoms with Crippen molar-refractivity contribution in [3.63, 3.8) is 0 Å². The number of sulfonamides is 1. The number of benzene rings is 2. The summed E-state index contributed by atoms with van der Waals surface area (Å²) in [4.78, 5) is 27.4. The summed E-state index contributed by atoms with van der Waals surface area (Å²) in [7, 11) is -4.22. The maximum atomic E-state index is 14.1. The molecule has 0 spiro atoms. The fourth-order valence-electron chi connectivity index (χ4n) is 5.03. The van der Waals surface area contributed by atoms with Gasteiger partial charge in [-0.1, -0.05) is 54.1 Å². The summed E-state index contributed by atoms with van der Waals surface area (Å²) in [6.07, 6.45) is -0.208. The molecule has 0 bridgehead atoms. The van der Waals surface area contributed by atoms with Crippen LogP contribution in [0.4, 0.5) is 4.79 Å². The molecular weight excluding hydrogens is 576 g/mol. The van der Waals surface area contributed by atoms with E-state index in [1.807, 2.05) is 30.3 Å². The lowest BCUT2D eigenvalue weighted by atomic mass is 10.1. The molecule has 1 saturated carbocycles. The van der Waals surface area contributed by atoms with E-state index < -0.39 is 33.5 Å². The van der Waals surface area contributed by atoms with Gasteiger partial charge in [0.25, 0.3) is 10.0 Å². The van der Waals surface area contributed by atoms with Crippen LogP contribution in [0, 0.1) is 0 Å². The van der Waals surface area contributed by atoms with Gasteiger partial charge in [0.2, 0.25) is 0 Å². The van der Waals surface area contributed by atoms with Crippen molar-refractivity contribution in [3.8, 4) is 10.4 Å². The molecule has 9 nitrogen and oxygen atoms in total. The zero-order chi connectivity index (χ0) is 28.3. The van der Waals surface area contributed by atoms with Crippen molar-refractivity contribution in [2.75, 3.05) is 39.5 Å². The van der Waals surface area contributed by atoms with Crippen LogP contribution in [0.25, 0.3) is 10.4 Å². The number of amides is 1. The van der Waals surface area contributed by atoms with Crippen molar-refractivity contribution in [1.29, 1.82) is 0 Å². The monoisotopic (exact) mass is 604 g/mol. The summed E-state index contributed by atoms with van der Waals surface area (Å²) in [5.74, 6) is -1.71. The Morgan fingerprint density at radius 1 is 1.07 bits per heavy atom. The van der Waals surface area contributed by atoms with Gasteiger partial charge in [-0.3, -0.25) is 4.79 Å². The smallest absolute Gasteiger partial charge is 0.409 e. The highest BCUT2D eigenvalue weighted by Gasteiger charge is 2.67. The van der Waals surface area contributed by atoms with Crippen LogP contribution in [0.1, 0.15) is 24.3 Å². The largest absolute Gasteiger partial charge is 0.480 e. The van der Waals surface area contributed by atoms with E-state index in [1.54, 1.807) is 30.3 Å². The van der Waals surface area contributed by atoms with Crippen LogP contribution >= 0.6 is 22.9 Å². The number of thiophene rings is 1. The van der Waals surface area contributed by atoms with E-state index in [4.69, 9.17) is 21.1 Å². The number of carbonyl (C=O) groups excluding carboxylic acids is 1. The van der Waals surface area contributed by atoms with E-state index in [-0.39, 0.29) is 30.2 Å². The summed E-state index contributed by atoms with van der Waals surface area (Å²) in [5, 5.41) is 11.0. The van der Waals surface area contributed by atoms with Gasteiger partial charge in [0.1, 0.15) is 9.75 Å². The van der Waals surface area contributed by atoms with Crippen molar-refractivity contribution >= 4 is 45.0 Å². The first kappa shape index (κ1) is 28.6. The Morgan fingerprint density at radius 2 is 1.77 bits per heavy atom.